The zero-order chi connectivity index (χ0) is 16.9. The molecule has 0 aliphatic carbocycles. The minimum absolute atomic E-state index is 0.247. The third-order valence-corrected chi connectivity index (χ3v) is 3.79. The van der Waals surface area contributed by atoms with Gasteiger partial charge in [0.05, 0.1) is 22.6 Å². The normalized spacial score (nSPS) is 10.2. The Balaban J connectivity index is 1.68. The first-order valence-electron chi connectivity index (χ1n) is 7.47. The molecule has 0 aliphatic rings. The monoisotopic (exact) mass is 337 g/mol. The third-order valence-electron chi connectivity index (χ3n) is 3.46. The van der Waals surface area contributed by atoms with Crippen molar-refractivity contribution in [3.63, 3.8) is 0 Å². The molecular weight excluding hydrogens is 322 g/mol. The van der Waals surface area contributed by atoms with Gasteiger partial charge in [0.1, 0.15) is 5.69 Å². The number of aryl methyl sites for hydroxylation is 1. The maximum Gasteiger partial charge on any atom is 0.274 e. The van der Waals surface area contributed by atoms with E-state index in [2.05, 4.69) is 15.6 Å². The van der Waals surface area contributed by atoms with Gasteiger partial charge in [0.25, 0.3) is 5.91 Å². The summed E-state index contributed by atoms with van der Waals surface area (Å²) in [6.45, 7) is 2.00. The molecule has 0 atom stereocenters. The van der Waals surface area contributed by atoms with Gasteiger partial charge in [-0.25, -0.2) is 4.98 Å². The standard InChI is InChI=1S/C19H16ClN3O/c1-13-6-8-14(9-7-13)23-19(24)18-11-10-15(12-21-18)22-17-5-3-2-4-16(17)20/h2-12,22H,1H3,(H,23,24). The van der Waals surface area contributed by atoms with E-state index in [0.29, 0.717) is 10.7 Å². The molecule has 4 nitrogen and oxygen atoms in total. The lowest BCUT2D eigenvalue weighted by atomic mass is 10.2. The minimum atomic E-state index is -0.247. The van der Waals surface area contributed by atoms with Crippen LogP contribution in [0.2, 0.25) is 5.02 Å². The lowest BCUT2D eigenvalue weighted by Crippen LogP contribution is -2.13. The smallest absolute Gasteiger partial charge is 0.274 e. The van der Waals surface area contributed by atoms with Crippen molar-refractivity contribution in [2.75, 3.05) is 10.6 Å². The molecule has 2 N–H and O–H groups in total. The number of halogens is 1. The van der Waals surface area contributed by atoms with Crippen LogP contribution in [0.4, 0.5) is 17.1 Å². The van der Waals surface area contributed by atoms with E-state index in [9.17, 15) is 4.79 Å². The van der Waals surface area contributed by atoms with E-state index in [1.807, 2.05) is 49.4 Å². The number of aromatic nitrogens is 1. The fourth-order valence-corrected chi connectivity index (χ4v) is 2.34. The number of para-hydroxylation sites is 1. The first kappa shape index (κ1) is 16.0. The Morgan fingerprint density at radius 3 is 2.33 bits per heavy atom. The molecule has 120 valence electrons. The highest BCUT2D eigenvalue weighted by Gasteiger charge is 2.08. The minimum Gasteiger partial charge on any atom is -0.353 e. The van der Waals surface area contributed by atoms with Crippen LogP contribution in [-0.2, 0) is 0 Å². The quantitative estimate of drug-likeness (QED) is 0.701. The summed E-state index contributed by atoms with van der Waals surface area (Å²) in [4.78, 5) is 16.4. The number of nitrogens with one attached hydrogen (secondary N) is 2. The molecule has 0 aliphatic heterocycles. The summed E-state index contributed by atoms with van der Waals surface area (Å²) in [5.74, 6) is -0.247. The molecule has 0 radical (unpaired) electrons. The fourth-order valence-electron chi connectivity index (χ4n) is 2.15. The highest BCUT2D eigenvalue weighted by atomic mass is 35.5. The molecule has 5 heteroatoms. The summed E-state index contributed by atoms with van der Waals surface area (Å²) in [7, 11) is 0. The van der Waals surface area contributed by atoms with E-state index in [4.69, 9.17) is 11.6 Å². The average Bonchev–Trinajstić information content (AvgIpc) is 2.59. The largest absolute Gasteiger partial charge is 0.353 e. The van der Waals surface area contributed by atoms with Crippen LogP contribution in [0.25, 0.3) is 0 Å². The highest BCUT2D eigenvalue weighted by molar-refractivity contribution is 6.33. The van der Waals surface area contributed by atoms with Gasteiger partial charge < -0.3 is 10.6 Å². The van der Waals surface area contributed by atoms with Gasteiger partial charge >= 0.3 is 0 Å². The van der Waals surface area contributed by atoms with Crippen molar-refractivity contribution in [3.05, 3.63) is 83.1 Å². The van der Waals surface area contributed by atoms with Crippen LogP contribution >= 0.6 is 11.6 Å². The number of nitrogens with zero attached hydrogens (tertiary/aromatic N) is 1. The van der Waals surface area contributed by atoms with Crippen LogP contribution in [0.5, 0.6) is 0 Å². The van der Waals surface area contributed by atoms with E-state index in [1.54, 1.807) is 24.4 Å². The summed E-state index contributed by atoms with van der Waals surface area (Å²) < 4.78 is 0. The Labute approximate surface area is 145 Å². The van der Waals surface area contributed by atoms with Crippen LogP contribution in [0.1, 0.15) is 16.1 Å². The van der Waals surface area contributed by atoms with Gasteiger partial charge in [-0.05, 0) is 43.3 Å². The van der Waals surface area contributed by atoms with E-state index in [1.165, 1.54) is 0 Å². The van der Waals surface area contributed by atoms with Crippen molar-refractivity contribution in [1.82, 2.24) is 4.98 Å². The Kier molecular flexibility index (Phi) is 4.77. The van der Waals surface area contributed by atoms with Crippen molar-refractivity contribution >= 4 is 34.6 Å². The number of rotatable bonds is 4. The van der Waals surface area contributed by atoms with Crippen LogP contribution in [0.15, 0.2) is 66.9 Å². The van der Waals surface area contributed by atoms with E-state index >= 15 is 0 Å². The summed E-state index contributed by atoms with van der Waals surface area (Å²) in [5.41, 5.74) is 3.78. The van der Waals surface area contributed by atoms with Crippen molar-refractivity contribution in [2.24, 2.45) is 0 Å². The number of carbonyl (C=O) groups excluding carboxylic acids is 1. The Hall–Kier alpha value is -2.85. The van der Waals surface area contributed by atoms with Crippen LogP contribution < -0.4 is 10.6 Å². The first-order chi connectivity index (χ1) is 11.6. The molecule has 2 aromatic carbocycles. The number of hydrogen-bond acceptors (Lipinski definition) is 3. The Bertz CT molecular complexity index is 845. The van der Waals surface area contributed by atoms with Crippen molar-refractivity contribution in [2.45, 2.75) is 6.92 Å². The molecule has 1 amide bonds. The topological polar surface area (TPSA) is 54.0 Å². The molecule has 0 bridgehead atoms. The maximum absolute atomic E-state index is 12.2. The highest BCUT2D eigenvalue weighted by Crippen LogP contribution is 2.24. The van der Waals surface area contributed by atoms with Crippen molar-refractivity contribution in [1.29, 1.82) is 0 Å². The van der Waals surface area contributed by atoms with Gasteiger partial charge in [0, 0.05) is 5.69 Å². The molecule has 3 aromatic rings. The predicted octanol–water partition coefficient (Wildman–Crippen LogP) is 5.04. The molecular formula is C19H16ClN3O. The number of amides is 1. The molecule has 24 heavy (non-hydrogen) atoms. The fraction of sp³-hybridized carbons (Fsp3) is 0.0526. The molecule has 0 unspecified atom stereocenters. The van der Waals surface area contributed by atoms with Gasteiger partial charge in [-0.2, -0.15) is 0 Å². The first-order valence-corrected chi connectivity index (χ1v) is 7.85. The molecule has 1 aromatic heterocycles. The van der Waals surface area contributed by atoms with E-state index < -0.39 is 0 Å². The zero-order valence-electron chi connectivity index (χ0n) is 13.1. The SMILES string of the molecule is Cc1ccc(NC(=O)c2ccc(Nc3ccccc3Cl)cn2)cc1. The molecule has 1 heterocycles. The summed E-state index contributed by atoms with van der Waals surface area (Å²) in [6, 6.07) is 18.5. The van der Waals surface area contributed by atoms with Crippen LogP contribution in [-0.4, -0.2) is 10.9 Å². The number of hydrogen-bond donors (Lipinski definition) is 2. The maximum atomic E-state index is 12.2. The van der Waals surface area contributed by atoms with E-state index in [0.717, 1.165) is 22.6 Å². The second-order valence-electron chi connectivity index (χ2n) is 5.36. The lowest BCUT2D eigenvalue weighted by Gasteiger charge is -2.09. The predicted molar refractivity (Wildman–Crippen MR) is 98.1 cm³/mol. The summed E-state index contributed by atoms with van der Waals surface area (Å²) in [6.07, 6.45) is 1.60. The Morgan fingerprint density at radius 2 is 1.67 bits per heavy atom. The van der Waals surface area contributed by atoms with Crippen molar-refractivity contribution < 1.29 is 4.79 Å². The molecule has 0 fully saturated rings. The molecule has 3 rings (SSSR count). The molecule has 0 saturated heterocycles. The molecule has 0 spiro atoms. The van der Waals surface area contributed by atoms with Crippen molar-refractivity contribution in [3.8, 4) is 0 Å². The van der Waals surface area contributed by atoms with Gasteiger partial charge in [-0.15, -0.1) is 0 Å². The third kappa shape index (κ3) is 3.91. The summed E-state index contributed by atoms with van der Waals surface area (Å²) >= 11 is 6.11. The zero-order valence-corrected chi connectivity index (χ0v) is 13.8. The molecule has 0 saturated carbocycles. The van der Waals surface area contributed by atoms with Gasteiger partial charge in [-0.1, -0.05) is 41.4 Å². The average molecular weight is 338 g/mol. The number of anilines is 3. The second-order valence-corrected chi connectivity index (χ2v) is 5.76. The van der Waals surface area contributed by atoms with Crippen LogP contribution in [0, 0.1) is 6.92 Å². The van der Waals surface area contributed by atoms with Gasteiger partial charge in [0.2, 0.25) is 0 Å². The van der Waals surface area contributed by atoms with E-state index in [-0.39, 0.29) is 5.91 Å². The number of carbonyl (C=O) groups is 1. The van der Waals surface area contributed by atoms with Gasteiger partial charge in [0.15, 0.2) is 0 Å². The number of pyridine rings is 1. The lowest BCUT2D eigenvalue weighted by molar-refractivity contribution is 0.102. The Morgan fingerprint density at radius 1 is 0.958 bits per heavy atom. The number of benzene rings is 2. The second kappa shape index (κ2) is 7.15. The van der Waals surface area contributed by atoms with Gasteiger partial charge in [-0.3, -0.25) is 4.79 Å². The van der Waals surface area contributed by atoms with Crippen LogP contribution in [0.3, 0.4) is 0 Å². The summed E-state index contributed by atoms with van der Waals surface area (Å²) in [5, 5.41) is 6.61.